The predicted molar refractivity (Wildman–Crippen MR) is 70.1 cm³/mol. The van der Waals surface area contributed by atoms with Crippen molar-refractivity contribution in [3.05, 3.63) is 59.2 Å². The summed E-state index contributed by atoms with van der Waals surface area (Å²) in [5.74, 6) is -3.95. The van der Waals surface area contributed by atoms with E-state index in [2.05, 4.69) is 4.74 Å². The number of rotatable bonds is 3. The molecule has 0 aliphatic rings. The Balaban J connectivity index is 2.62. The van der Waals surface area contributed by atoms with Crippen LogP contribution in [0.2, 0.25) is 0 Å². The highest BCUT2D eigenvalue weighted by Crippen LogP contribution is 2.27. The van der Waals surface area contributed by atoms with Crippen LogP contribution in [0.25, 0.3) is 11.1 Å². The Labute approximate surface area is 118 Å². The molecule has 0 amide bonds. The fourth-order valence-electron chi connectivity index (χ4n) is 1.90. The van der Waals surface area contributed by atoms with E-state index >= 15 is 0 Å². The molecule has 0 bridgehead atoms. The molecule has 2 aromatic carbocycles. The molecule has 0 heterocycles. The summed E-state index contributed by atoms with van der Waals surface area (Å²) in [7, 11) is 1.14. The second-order valence-electron chi connectivity index (χ2n) is 4.19. The van der Waals surface area contributed by atoms with E-state index in [1.807, 2.05) is 0 Å². The van der Waals surface area contributed by atoms with Crippen molar-refractivity contribution in [2.75, 3.05) is 7.11 Å². The molecule has 0 fully saturated rings. The molecule has 6 heteroatoms. The number of carbonyl (C=O) groups is 2. The first-order valence-electron chi connectivity index (χ1n) is 5.85. The number of carboxylic acid groups (broad SMARTS) is 1. The molecular weight excluding hydrogens is 282 g/mol. The minimum atomic E-state index is -1.43. The van der Waals surface area contributed by atoms with Crippen LogP contribution in [0.1, 0.15) is 20.7 Å². The Hall–Kier alpha value is -2.76. The Morgan fingerprint density at radius 1 is 1.14 bits per heavy atom. The monoisotopic (exact) mass is 292 g/mol. The van der Waals surface area contributed by atoms with E-state index in [0.717, 1.165) is 25.3 Å². The smallest absolute Gasteiger partial charge is 0.338 e. The molecule has 0 aromatic heterocycles. The standard InChI is InChI=1S/C15H10F2O4/c1-21-15(20)9-5-8(6-10(16)7-9)11-3-2-4-12(13(11)17)14(18)19/h2-7H,1H3,(H,18,19). The Bertz CT molecular complexity index is 726. The highest BCUT2D eigenvalue weighted by molar-refractivity contribution is 5.92. The fraction of sp³-hybridized carbons (Fsp3) is 0.0667. The average molecular weight is 292 g/mol. The largest absolute Gasteiger partial charge is 0.478 e. The normalized spacial score (nSPS) is 10.2. The van der Waals surface area contributed by atoms with E-state index in [1.54, 1.807) is 0 Å². The number of ether oxygens (including phenoxy) is 1. The van der Waals surface area contributed by atoms with Crippen LogP contribution >= 0.6 is 0 Å². The van der Waals surface area contributed by atoms with E-state index in [9.17, 15) is 18.4 Å². The van der Waals surface area contributed by atoms with Crippen LogP contribution < -0.4 is 0 Å². The molecule has 1 N–H and O–H groups in total. The number of carboxylic acids is 1. The molecule has 0 aliphatic heterocycles. The van der Waals surface area contributed by atoms with Gasteiger partial charge in [-0.2, -0.15) is 0 Å². The quantitative estimate of drug-likeness (QED) is 0.883. The summed E-state index contributed by atoms with van der Waals surface area (Å²) < 4.78 is 32.2. The summed E-state index contributed by atoms with van der Waals surface area (Å²) in [5, 5.41) is 8.88. The minimum Gasteiger partial charge on any atom is -0.478 e. The maximum atomic E-state index is 14.1. The van der Waals surface area contributed by atoms with E-state index in [4.69, 9.17) is 5.11 Å². The lowest BCUT2D eigenvalue weighted by molar-refractivity contribution is 0.0599. The lowest BCUT2D eigenvalue weighted by atomic mass is 10.00. The molecule has 0 saturated heterocycles. The second kappa shape index (κ2) is 5.70. The van der Waals surface area contributed by atoms with Gasteiger partial charge in [-0.1, -0.05) is 12.1 Å². The zero-order chi connectivity index (χ0) is 15.6. The van der Waals surface area contributed by atoms with Crippen molar-refractivity contribution in [3.63, 3.8) is 0 Å². The summed E-state index contributed by atoms with van der Waals surface area (Å²) >= 11 is 0. The Morgan fingerprint density at radius 3 is 2.48 bits per heavy atom. The molecule has 108 valence electrons. The number of esters is 1. The number of hydrogen-bond donors (Lipinski definition) is 1. The molecule has 0 spiro atoms. The van der Waals surface area contributed by atoms with Crippen molar-refractivity contribution >= 4 is 11.9 Å². The first kappa shape index (κ1) is 14.6. The van der Waals surface area contributed by atoms with E-state index in [-0.39, 0.29) is 16.7 Å². The van der Waals surface area contributed by atoms with Gasteiger partial charge >= 0.3 is 11.9 Å². The second-order valence-corrected chi connectivity index (χ2v) is 4.19. The number of carbonyl (C=O) groups excluding carboxylic acids is 1. The summed E-state index contributed by atoms with van der Waals surface area (Å²) in [4.78, 5) is 22.3. The van der Waals surface area contributed by atoms with Crippen LogP contribution in [0.5, 0.6) is 0 Å². The van der Waals surface area contributed by atoms with E-state index < -0.39 is 29.1 Å². The van der Waals surface area contributed by atoms with Gasteiger partial charge < -0.3 is 9.84 Å². The summed E-state index contributed by atoms with van der Waals surface area (Å²) in [6.45, 7) is 0. The van der Waals surface area contributed by atoms with Gasteiger partial charge in [-0.25, -0.2) is 18.4 Å². The van der Waals surface area contributed by atoms with Crippen molar-refractivity contribution in [2.24, 2.45) is 0 Å². The highest BCUT2D eigenvalue weighted by atomic mass is 19.1. The van der Waals surface area contributed by atoms with E-state index in [0.29, 0.717) is 0 Å². The molecule has 0 unspecified atom stereocenters. The lowest BCUT2D eigenvalue weighted by Crippen LogP contribution is -2.04. The molecule has 2 aromatic rings. The van der Waals surface area contributed by atoms with Gasteiger partial charge in [0, 0.05) is 5.56 Å². The van der Waals surface area contributed by atoms with Gasteiger partial charge in [-0.3, -0.25) is 0 Å². The van der Waals surface area contributed by atoms with Crippen LogP contribution in [0.4, 0.5) is 8.78 Å². The number of halogens is 2. The van der Waals surface area contributed by atoms with Gasteiger partial charge in [0.15, 0.2) is 0 Å². The molecule has 0 saturated carbocycles. The van der Waals surface area contributed by atoms with Crippen LogP contribution in [0.3, 0.4) is 0 Å². The molecule has 21 heavy (non-hydrogen) atoms. The summed E-state index contributed by atoms with van der Waals surface area (Å²) in [6, 6.07) is 6.94. The first-order valence-corrected chi connectivity index (χ1v) is 5.85. The first-order chi connectivity index (χ1) is 9.93. The van der Waals surface area contributed by atoms with Crippen molar-refractivity contribution in [1.82, 2.24) is 0 Å². The Morgan fingerprint density at radius 2 is 1.86 bits per heavy atom. The van der Waals surface area contributed by atoms with Crippen LogP contribution in [-0.4, -0.2) is 24.2 Å². The number of benzene rings is 2. The van der Waals surface area contributed by atoms with Gasteiger partial charge in [0.1, 0.15) is 11.6 Å². The summed E-state index contributed by atoms with van der Waals surface area (Å²) in [5.41, 5.74) is -0.681. The third-order valence-electron chi connectivity index (χ3n) is 2.86. The molecule has 0 atom stereocenters. The maximum Gasteiger partial charge on any atom is 0.338 e. The average Bonchev–Trinajstić information content (AvgIpc) is 2.45. The molecule has 4 nitrogen and oxygen atoms in total. The highest BCUT2D eigenvalue weighted by Gasteiger charge is 2.17. The third-order valence-corrected chi connectivity index (χ3v) is 2.86. The van der Waals surface area contributed by atoms with Crippen LogP contribution in [0.15, 0.2) is 36.4 Å². The molecule has 0 radical (unpaired) electrons. The van der Waals surface area contributed by atoms with Crippen molar-refractivity contribution in [2.45, 2.75) is 0 Å². The Kier molecular flexibility index (Phi) is 3.98. The van der Waals surface area contributed by atoms with Crippen molar-refractivity contribution < 1.29 is 28.2 Å². The SMILES string of the molecule is COC(=O)c1cc(F)cc(-c2cccc(C(=O)O)c2F)c1. The minimum absolute atomic E-state index is 0.0519. The predicted octanol–water partition coefficient (Wildman–Crippen LogP) is 3.12. The van der Waals surface area contributed by atoms with Crippen molar-refractivity contribution in [3.8, 4) is 11.1 Å². The number of aromatic carboxylic acids is 1. The number of methoxy groups -OCH3 is 1. The van der Waals surface area contributed by atoms with Gasteiger partial charge in [-0.15, -0.1) is 0 Å². The van der Waals surface area contributed by atoms with Crippen LogP contribution in [0, 0.1) is 11.6 Å². The topological polar surface area (TPSA) is 63.6 Å². The molecular formula is C15H10F2O4. The fourth-order valence-corrected chi connectivity index (χ4v) is 1.90. The number of hydrogen-bond acceptors (Lipinski definition) is 3. The molecule has 2 rings (SSSR count). The van der Waals surface area contributed by atoms with Gasteiger partial charge in [0.05, 0.1) is 18.2 Å². The van der Waals surface area contributed by atoms with Crippen molar-refractivity contribution in [1.29, 1.82) is 0 Å². The zero-order valence-corrected chi connectivity index (χ0v) is 10.9. The van der Waals surface area contributed by atoms with Crippen LogP contribution in [-0.2, 0) is 4.74 Å². The zero-order valence-electron chi connectivity index (χ0n) is 10.9. The third kappa shape index (κ3) is 2.89. The maximum absolute atomic E-state index is 14.1. The van der Waals surface area contributed by atoms with E-state index in [1.165, 1.54) is 18.2 Å². The van der Waals surface area contributed by atoms with Gasteiger partial charge in [-0.05, 0) is 29.8 Å². The van der Waals surface area contributed by atoms with Gasteiger partial charge in [0.2, 0.25) is 0 Å². The summed E-state index contributed by atoms with van der Waals surface area (Å²) in [6.07, 6.45) is 0. The van der Waals surface area contributed by atoms with Gasteiger partial charge in [0.25, 0.3) is 0 Å². The molecule has 0 aliphatic carbocycles. The lowest BCUT2D eigenvalue weighted by Gasteiger charge is -2.08.